The fraction of sp³-hybridized carbons (Fsp3) is 0.105. The lowest BCUT2D eigenvalue weighted by Crippen LogP contribution is -2.12. The zero-order valence-electron chi connectivity index (χ0n) is 14.6. The molecule has 142 valence electrons. The lowest BCUT2D eigenvalue weighted by atomic mass is 10.1. The molecule has 0 saturated carbocycles. The topological polar surface area (TPSA) is 86.1 Å². The van der Waals surface area contributed by atoms with Crippen molar-refractivity contribution in [2.24, 2.45) is 0 Å². The molecule has 0 aliphatic heterocycles. The van der Waals surface area contributed by atoms with Crippen molar-refractivity contribution in [2.45, 2.75) is 13.0 Å². The van der Waals surface area contributed by atoms with E-state index in [0.29, 0.717) is 27.8 Å². The fourth-order valence-corrected chi connectivity index (χ4v) is 3.09. The number of amides is 1. The lowest BCUT2D eigenvalue weighted by molar-refractivity contribution is 0.101. The van der Waals surface area contributed by atoms with Gasteiger partial charge in [-0.15, -0.1) is 0 Å². The second-order valence-electron chi connectivity index (χ2n) is 6.03. The number of carbonyl (C=O) groups is 1. The van der Waals surface area contributed by atoms with Gasteiger partial charge in [0.1, 0.15) is 5.82 Å². The van der Waals surface area contributed by atoms with E-state index in [1.54, 1.807) is 31.3 Å². The molecule has 3 heterocycles. The fourth-order valence-electron chi connectivity index (χ4n) is 2.77. The number of nitrogens with one attached hydrogen (secondary N) is 1. The van der Waals surface area contributed by atoms with E-state index in [0.717, 1.165) is 0 Å². The van der Waals surface area contributed by atoms with Gasteiger partial charge in [-0.05, 0) is 31.2 Å². The molecule has 1 amide bonds. The summed E-state index contributed by atoms with van der Waals surface area (Å²) in [4.78, 5) is 12.4. The van der Waals surface area contributed by atoms with Crippen LogP contribution in [-0.2, 0) is 0 Å². The Morgan fingerprint density at radius 2 is 2.14 bits per heavy atom. The Morgan fingerprint density at radius 1 is 1.29 bits per heavy atom. The van der Waals surface area contributed by atoms with Crippen LogP contribution in [0.25, 0.3) is 11.5 Å². The summed E-state index contributed by atoms with van der Waals surface area (Å²) in [5, 5.41) is 10.9. The average Bonchev–Trinajstić information content (AvgIpc) is 3.42. The van der Waals surface area contributed by atoms with Crippen molar-refractivity contribution >= 4 is 23.2 Å². The summed E-state index contributed by atoms with van der Waals surface area (Å²) < 4.78 is 25.9. The number of carbonyl (C=O) groups excluding carboxylic acids is 1. The highest BCUT2D eigenvalue weighted by Gasteiger charge is 2.19. The molecular weight excluding hydrogens is 387 g/mol. The number of aromatic nitrogens is 3. The molecule has 3 aromatic heterocycles. The highest BCUT2D eigenvalue weighted by molar-refractivity contribution is 6.31. The Labute approximate surface area is 163 Å². The van der Waals surface area contributed by atoms with Gasteiger partial charge in [0.15, 0.2) is 11.5 Å². The van der Waals surface area contributed by atoms with Crippen LogP contribution in [0.5, 0.6) is 0 Å². The van der Waals surface area contributed by atoms with Gasteiger partial charge in [0.05, 0.1) is 24.2 Å². The van der Waals surface area contributed by atoms with Crippen LogP contribution in [0.1, 0.15) is 29.0 Å². The van der Waals surface area contributed by atoms with Gasteiger partial charge >= 0.3 is 0 Å². The van der Waals surface area contributed by atoms with Gasteiger partial charge in [0, 0.05) is 22.8 Å². The first-order valence-electron chi connectivity index (χ1n) is 8.33. The molecule has 0 aliphatic rings. The third-order valence-corrected chi connectivity index (χ3v) is 4.51. The summed E-state index contributed by atoms with van der Waals surface area (Å²) >= 11 is 6.11. The summed E-state index contributed by atoms with van der Waals surface area (Å²) in [6, 6.07) is 8.90. The number of rotatable bonds is 5. The minimum absolute atomic E-state index is 0.0874. The van der Waals surface area contributed by atoms with Gasteiger partial charge in [0.25, 0.3) is 5.91 Å². The van der Waals surface area contributed by atoms with Crippen LogP contribution in [0.3, 0.4) is 0 Å². The summed E-state index contributed by atoms with van der Waals surface area (Å²) in [7, 11) is 0. The Morgan fingerprint density at radius 3 is 2.89 bits per heavy atom. The molecular formula is C19H14ClFN4O3. The first-order valence-corrected chi connectivity index (χ1v) is 8.70. The van der Waals surface area contributed by atoms with Crippen LogP contribution in [0, 0.1) is 5.82 Å². The van der Waals surface area contributed by atoms with Crippen molar-refractivity contribution < 1.29 is 18.1 Å². The predicted octanol–water partition coefficient (Wildman–Crippen LogP) is 4.79. The monoisotopic (exact) mass is 400 g/mol. The maximum absolute atomic E-state index is 14.1. The minimum Gasteiger partial charge on any atom is -0.461 e. The van der Waals surface area contributed by atoms with Gasteiger partial charge in [-0.3, -0.25) is 9.48 Å². The van der Waals surface area contributed by atoms with Gasteiger partial charge in [-0.2, -0.15) is 5.10 Å². The quantitative estimate of drug-likeness (QED) is 0.520. The summed E-state index contributed by atoms with van der Waals surface area (Å²) in [6.45, 7) is 1.76. The second kappa shape index (κ2) is 7.32. The van der Waals surface area contributed by atoms with E-state index in [4.69, 9.17) is 20.5 Å². The van der Waals surface area contributed by atoms with Crippen LogP contribution in [0.15, 0.2) is 64.0 Å². The average molecular weight is 401 g/mol. The second-order valence-corrected chi connectivity index (χ2v) is 6.44. The first-order chi connectivity index (χ1) is 13.5. The van der Waals surface area contributed by atoms with Crippen LogP contribution >= 0.6 is 11.6 Å². The maximum atomic E-state index is 14.1. The largest absolute Gasteiger partial charge is 0.461 e. The van der Waals surface area contributed by atoms with Crippen LogP contribution < -0.4 is 5.32 Å². The highest BCUT2D eigenvalue weighted by Crippen LogP contribution is 2.28. The van der Waals surface area contributed by atoms with Crippen molar-refractivity contribution in [1.29, 1.82) is 0 Å². The molecule has 7 nitrogen and oxygen atoms in total. The Hall–Kier alpha value is -3.39. The van der Waals surface area contributed by atoms with Crippen LogP contribution in [-0.4, -0.2) is 20.8 Å². The van der Waals surface area contributed by atoms with Crippen LogP contribution in [0.2, 0.25) is 5.02 Å². The number of benzene rings is 1. The normalized spacial score (nSPS) is 12.1. The van der Waals surface area contributed by atoms with Crippen molar-refractivity contribution in [2.75, 3.05) is 5.32 Å². The Balaban J connectivity index is 1.50. The van der Waals surface area contributed by atoms with Gasteiger partial charge in [0.2, 0.25) is 5.76 Å². The molecule has 1 unspecified atom stereocenters. The zero-order valence-corrected chi connectivity index (χ0v) is 15.4. The Kier molecular flexibility index (Phi) is 4.70. The molecule has 4 aromatic rings. The number of hydrogen-bond donors (Lipinski definition) is 1. The van der Waals surface area contributed by atoms with E-state index < -0.39 is 17.8 Å². The number of nitrogens with zero attached hydrogens (tertiary/aromatic N) is 3. The van der Waals surface area contributed by atoms with Crippen LogP contribution in [0.4, 0.5) is 10.1 Å². The molecule has 9 heteroatoms. The number of halogens is 2. The van der Waals surface area contributed by atoms with E-state index >= 15 is 0 Å². The molecule has 0 saturated heterocycles. The van der Waals surface area contributed by atoms with E-state index in [1.807, 2.05) is 0 Å². The number of hydrogen-bond acceptors (Lipinski definition) is 5. The molecule has 1 aromatic carbocycles. The molecule has 0 aliphatic carbocycles. The molecule has 0 spiro atoms. The van der Waals surface area contributed by atoms with E-state index in [-0.39, 0.29) is 5.69 Å². The maximum Gasteiger partial charge on any atom is 0.277 e. The molecule has 0 bridgehead atoms. The third-order valence-electron chi connectivity index (χ3n) is 4.18. The molecule has 1 N–H and O–H groups in total. The molecule has 0 radical (unpaired) electrons. The van der Waals surface area contributed by atoms with Gasteiger partial charge < -0.3 is 14.3 Å². The van der Waals surface area contributed by atoms with E-state index in [9.17, 15) is 9.18 Å². The van der Waals surface area contributed by atoms with Gasteiger partial charge in [-0.25, -0.2) is 4.39 Å². The first kappa shape index (κ1) is 18.0. The highest BCUT2D eigenvalue weighted by atomic mass is 35.5. The van der Waals surface area contributed by atoms with Crippen molar-refractivity contribution in [3.63, 3.8) is 0 Å². The summed E-state index contributed by atoms with van der Waals surface area (Å²) in [5.74, 6) is -0.0876. The smallest absolute Gasteiger partial charge is 0.277 e. The van der Waals surface area contributed by atoms with Crippen molar-refractivity contribution in [3.05, 3.63) is 77.2 Å². The third kappa shape index (κ3) is 3.41. The van der Waals surface area contributed by atoms with Crippen molar-refractivity contribution in [3.8, 4) is 11.5 Å². The zero-order chi connectivity index (χ0) is 19.7. The molecule has 1 atom stereocenters. The van der Waals surface area contributed by atoms with E-state index in [2.05, 4.69) is 15.6 Å². The SMILES string of the molecule is CC(c1c(F)cccc1Cl)n1cc(NC(=O)c2cc(-c3ccco3)on2)cn1. The van der Waals surface area contributed by atoms with E-state index in [1.165, 1.54) is 35.3 Å². The summed E-state index contributed by atoms with van der Waals surface area (Å²) in [6.07, 6.45) is 4.53. The predicted molar refractivity (Wildman–Crippen MR) is 99.6 cm³/mol. The number of anilines is 1. The molecule has 28 heavy (non-hydrogen) atoms. The number of furan rings is 1. The summed E-state index contributed by atoms with van der Waals surface area (Å²) in [5.41, 5.74) is 0.834. The van der Waals surface area contributed by atoms with Gasteiger partial charge in [-0.1, -0.05) is 22.8 Å². The molecule has 0 fully saturated rings. The minimum atomic E-state index is -0.474. The Bertz CT molecular complexity index is 1100. The van der Waals surface area contributed by atoms with Crippen molar-refractivity contribution in [1.82, 2.24) is 14.9 Å². The lowest BCUT2D eigenvalue weighted by Gasteiger charge is -2.15. The standard InChI is InChI=1S/C19H14ClFN4O3/c1-11(18-13(20)4-2-5-14(18)21)25-10-12(9-22-25)23-19(26)15-8-17(28-24-15)16-6-3-7-27-16/h2-11H,1H3,(H,23,26). The molecule has 4 rings (SSSR count).